The number of thioether (sulfide) groups is 1. The minimum Gasteiger partial charge on any atom is -0.494 e. The number of rotatable bonds is 7. The third kappa shape index (κ3) is 4.38. The second-order valence-electron chi connectivity index (χ2n) is 4.83. The summed E-state index contributed by atoms with van der Waals surface area (Å²) in [6.45, 7) is 6.28. The fourth-order valence-electron chi connectivity index (χ4n) is 1.89. The van der Waals surface area contributed by atoms with Crippen LogP contribution in [0.2, 0.25) is 0 Å². The van der Waals surface area contributed by atoms with Crippen molar-refractivity contribution in [1.29, 1.82) is 0 Å². The van der Waals surface area contributed by atoms with Crippen molar-refractivity contribution in [2.45, 2.75) is 37.6 Å². The lowest BCUT2D eigenvalue weighted by molar-refractivity contribution is -0.115. The number of hydrogen-bond donors (Lipinski definition) is 2. The average molecular weight is 335 g/mol. The van der Waals surface area contributed by atoms with E-state index < -0.39 is 0 Å². The zero-order valence-corrected chi connectivity index (χ0v) is 14.3. The van der Waals surface area contributed by atoms with Gasteiger partial charge >= 0.3 is 0 Å². The summed E-state index contributed by atoms with van der Waals surface area (Å²) >= 11 is 1.27. The number of carbonyl (C=O) groups is 1. The SMILES string of the molecule is CCOc1ccc(NC(=O)C(C)Sc2nnc(CC)n2N)cc1. The number of amides is 1. The highest BCUT2D eigenvalue weighted by Crippen LogP contribution is 2.22. The molecule has 0 radical (unpaired) electrons. The molecule has 0 saturated carbocycles. The predicted octanol–water partition coefficient (Wildman–Crippen LogP) is 2.07. The van der Waals surface area contributed by atoms with Gasteiger partial charge in [0.25, 0.3) is 0 Å². The van der Waals surface area contributed by atoms with Gasteiger partial charge in [0.15, 0.2) is 5.82 Å². The van der Waals surface area contributed by atoms with E-state index in [1.807, 2.05) is 26.0 Å². The highest BCUT2D eigenvalue weighted by molar-refractivity contribution is 8.00. The van der Waals surface area contributed by atoms with Crippen LogP contribution in [0.3, 0.4) is 0 Å². The van der Waals surface area contributed by atoms with Gasteiger partial charge < -0.3 is 15.9 Å². The summed E-state index contributed by atoms with van der Waals surface area (Å²) in [5.41, 5.74) is 0.717. The van der Waals surface area contributed by atoms with Crippen LogP contribution in [-0.4, -0.2) is 32.6 Å². The molecule has 7 nitrogen and oxygen atoms in total. The van der Waals surface area contributed by atoms with E-state index in [0.29, 0.717) is 24.0 Å². The van der Waals surface area contributed by atoms with Crippen molar-refractivity contribution < 1.29 is 9.53 Å². The smallest absolute Gasteiger partial charge is 0.237 e. The molecule has 0 fully saturated rings. The molecule has 1 aromatic heterocycles. The Balaban J connectivity index is 1.95. The van der Waals surface area contributed by atoms with E-state index in [0.717, 1.165) is 11.4 Å². The van der Waals surface area contributed by atoms with E-state index in [-0.39, 0.29) is 11.2 Å². The van der Waals surface area contributed by atoms with Gasteiger partial charge in [-0.2, -0.15) is 0 Å². The summed E-state index contributed by atoms with van der Waals surface area (Å²) in [6, 6.07) is 7.25. The molecule has 0 aliphatic carbocycles. The molecule has 0 bridgehead atoms. The lowest BCUT2D eigenvalue weighted by Gasteiger charge is -2.12. The maximum Gasteiger partial charge on any atom is 0.237 e. The second-order valence-corrected chi connectivity index (χ2v) is 6.14. The van der Waals surface area contributed by atoms with E-state index in [4.69, 9.17) is 10.6 Å². The summed E-state index contributed by atoms with van der Waals surface area (Å²) < 4.78 is 6.79. The van der Waals surface area contributed by atoms with Gasteiger partial charge in [0.1, 0.15) is 5.75 Å². The number of carbonyl (C=O) groups excluding carboxylic acids is 1. The molecule has 1 amide bonds. The van der Waals surface area contributed by atoms with Crippen LogP contribution >= 0.6 is 11.8 Å². The van der Waals surface area contributed by atoms with Crippen LogP contribution in [-0.2, 0) is 11.2 Å². The number of nitrogens with one attached hydrogen (secondary N) is 1. The van der Waals surface area contributed by atoms with Crippen LogP contribution in [0.25, 0.3) is 0 Å². The molecule has 124 valence electrons. The van der Waals surface area contributed by atoms with Crippen molar-refractivity contribution in [2.75, 3.05) is 17.8 Å². The summed E-state index contributed by atoms with van der Waals surface area (Å²) in [7, 11) is 0. The number of ether oxygens (including phenoxy) is 1. The zero-order chi connectivity index (χ0) is 16.8. The first-order chi connectivity index (χ1) is 11.0. The molecule has 0 saturated heterocycles. The van der Waals surface area contributed by atoms with Gasteiger partial charge in [-0.3, -0.25) is 4.79 Å². The Kier molecular flexibility index (Phi) is 5.86. The number of hydrogen-bond acceptors (Lipinski definition) is 6. The third-order valence-electron chi connectivity index (χ3n) is 3.14. The number of benzene rings is 1. The van der Waals surface area contributed by atoms with Crippen LogP contribution in [0.5, 0.6) is 5.75 Å². The van der Waals surface area contributed by atoms with E-state index >= 15 is 0 Å². The quantitative estimate of drug-likeness (QED) is 0.594. The molecule has 0 aliphatic heterocycles. The Morgan fingerprint density at radius 1 is 1.35 bits per heavy atom. The molecule has 23 heavy (non-hydrogen) atoms. The molecule has 2 rings (SSSR count). The standard InChI is InChI=1S/C15H21N5O2S/c1-4-13-18-19-15(20(13)16)23-10(3)14(21)17-11-6-8-12(9-7-11)22-5-2/h6-10H,4-5,16H2,1-3H3,(H,17,21). The Morgan fingerprint density at radius 2 is 2.04 bits per heavy atom. The summed E-state index contributed by atoms with van der Waals surface area (Å²) in [4.78, 5) is 12.3. The van der Waals surface area contributed by atoms with E-state index in [9.17, 15) is 4.79 Å². The van der Waals surface area contributed by atoms with Gasteiger partial charge in [-0.25, -0.2) is 4.68 Å². The fourth-order valence-corrected chi connectivity index (χ4v) is 2.67. The number of anilines is 1. The van der Waals surface area contributed by atoms with Crippen molar-refractivity contribution >= 4 is 23.4 Å². The van der Waals surface area contributed by atoms with Gasteiger partial charge in [0, 0.05) is 12.1 Å². The predicted molar refractivity (Wildman–Crippen MR) is 91.1 cm³/mol. The van der Waals surface area contributed by atoms with Crippen LogP contribution in [0.4, 0.5) is 5.69 Å². The molecule has 0 spiro atoms. The number of aryl methyl sites for hydroxylation is 1. The van der Waals surface area contributed by atoms with Gasteiger partial charge in [0.2, 0.25) is 11.1 Å². The lowest BCUT2D eigenvalue weighted by Crippen LogP contribution is -2.23. The van der Waals surface area contributed by atoms with Gasteiger partial charge in [0.05, 0.1) is 11.9 Å². The van der Waals surface area contributed by atoms with Crippen molar-refractivity contribution in [2.24, 2.45) is 0 Å². The Labute approximate surface area is 139 Å². The number of nitrogen functional groups attached to an aromatic ring is 1. The van der Waals surface area contributed by atoms with Gasteiger partial charge in [-0.15, -0.1) is 10.2 Å². The first kappa shape index (κ1) is 17.1. The minimum absolute atomic E-state index is 0.125. The molecule has 3 N–H and O–H groups in total. The van der Waals surface area contributed by atoms with Crippen molar-refractivity contribution in [1.82, 2.24) is 14.9 Å². The molecular weight excluding hydrogens is 314 g/mol. The number of aromatic nitrogens is 3. The van der Waals surface area contributed by atoms with Gasteiger partial charge in [-0.05, 0) is 38.1 Å². The minimum atomic E-state index is -0.349. The van der Waals surface area contributed by atoms with Crippen molar-refractivity contribution in [3.8, 4) is 5.75 Å². The van der Waals surface area contributed by atoms with Crippen LogP contribution < -0.4 is 15.9 Å². The summed E-state index contributed by atoms with van der Waals surface area (Å²) in [6.07, 6.45) is 0.691. The first-order valence-electron chi connectivity index (χ1n) is 7.44. The third-order valence-corrected chi connectivity index (χ3v) is 4.19. The molecule has 1 unspecified atom stereocenters. The molecule has 1 aromatic carbocycles. The lowest BCUT2D eigenvalue weighted by atomic mass is 10.3. The fraction of sp³-hybridized carbons (Fsp3) is 0.400. The molecule has 2 aromatic rings. The highest BCUT2D eigenvalue weighted by Gasteiger charge is 2.19. The molecule has 1 heterocycles. The maximum absolute atomic E-state index is 12.3. The first-order valence-corrected chi connectivity index (χ1v) is 8.32. The second kappa shape index (κ2) is 7.87. The Morgan fingerprint density at radius 3 is 2.61 bits per heavy atom. The Hall–Kier alpha value is -2.22. The summed E-state index contributed by atoms with van der Waals surface area (Å²) in [5, 5.41) is 11.0. The van der Waals surface area contributed by atoms with Crippen LogP contribution in [0.1, 0.15) is 26.6 Å². The summed E-state index contributed by atoms with van der Waals surface area (Å²) in [5.74, 6) is 7.22. The molecule has 0 aliphatic rings. The van der Waals surface area contributed by atoms with Crippen LogP contribution in [0, 0.1) is 0 Å². The Bertz CT molecular complexity index is 656. The van der Waals surface area contributed by atoms with Crippen molar-refractivity contribution in [3.63, 3.8) is 0 Å². The largest absolute Gasteiger partial charge is 0.494 e. The van der Waals surface area contributed by atoms with Crippen molar-refractivity contribution in [3.05, 3.63) is 30.1 Å². The maximum atomic E-state index is 12.3. The van der Waals surface area contributed by atoms with Gasteiger partial charge in [-0.1, -0.05) is 18.7 Å². The van der Waals surface area contributed by atoms with Crippen LogP contribution in [0.15, 0.2) is 29.4 Å². The average Bonchev–Trinajstić information content (AvgIpc) is 2.89. The normalized spacial score (nSPS) is 12.0. The highest BCUT2D eigenvalue weighted by atomic mass is 32.2. The van der Waals surface area contributed by atoms with E-state index in [1.165, 1.54) is 16.4 Å². The number of nitrogens with two attached hydrogens (primary N) is 1. The monoisotopic (exact) mass is 335 g/mol. The van der Waals surface area contributed by atoms with E-state index in [2.05, 4.69) is 15.5 Å². The number of nitrogens with zero attached hydrogens (tertiary/aromatic N) is 3. The van der Waals surface area contributed by atoms with E-state index in [1.54, 1.807) is 19.1 Å². The zero-order valence-electron chi connectivity index (χ0n) is 13.4. The topological polar surface area (TPSA) is 95.1 Å². The molecular formula is C15H21N5O2S. The molecule has 1 atom stereocenters. The molecule has 8 heteroatoms.